The monoisotopic (exact) mass is 636 g/mol. The molecule has 2 aliphatic heterocycles. The van der Waals surface area contributed by atoms with Crippen LogP contribution in [0.1, 0.15) is 19.5 Å². The second-order valence-electron chi connectivity index (χ2n) is 8.57. The Morgan fingerprint density at radius 1 is 1.21 bits per heavy atom. The third-order valence-corrected chi connectivity index (χ3v) is 7.55. The summed E-state index contributed by atoms with van der Waals surface area (Å²) in [5, 5.41) is 28.4. The molecule has 2 aromatic rings. The number of β-lactam (4-membered cyclic amide) rings is 1. The van der Waals surface area contributed by atoms with Gasteiger partial charge in [-0.25, -0.2) is 14.3 Å². The fourth-order valence-corrected chi connectivity index (χ4v) is 5.45. The Labute approximate surface area is 246 Å². The molecule has 234 valence electrons. The molecule has 14 N–H and O–H groups in total. The maximum atomic E-state index is 13.1. The van der Waals surface area contributed by atoms with Gasteiger partial charge in [-0.2, -0.15) is 0 Å². The van der Waals surface area contributed by atoms with E-state index >= 15 is 0 Å². The average molecular weight is 637 g/mol. The number of nitrogens with zero attached hydrogens (tertiary/aromatic N) is 4. The highest BCUT2D eigenvalue weighted by atomic mass is 32.2. The highest BCUT2D eigenvalue weighted by molar-refractivity contribution is 8.00. The van der Waals surface area contributed by atoms with Crippen LogP contribution in [0.25, 0.3) is 0 Å². The molecule has 0 radical (unpaired) electrons. The molecule has 4 heterocycles. The van der Waals surface area contributed by atoms with E-state index in [1.54, 1.807) is 29.1 Å². The third-order valence-electron chi connectivity index (χ3n) is 5.54. The number of nitrogen functional groups attached to an aromatic ring is 1. The summed E-state index contributed by atoms with van der Waals surface area (Å²) in [6.45, 7) is 2.74. The summed E-state index contributed by atoms with van der Waals surface area (Å²) in [6.07, 6.45) is 3.55. The van der Waals surface area contributed by atoms with E-state index in [2.05, 4.69) is 15.5 Å². The number of aromatic nitrogens is 2. The Hall–Kier alpha value is -4.18. The largest absolute Gasteiger partial charge is 0.543 e. The van der Waals surface area contributed by atoms with E-state index in [1.807, 2.05) is 6.07 Å². The molecule has 2 unspecified atom stereocenters. The summed E-state index contributed by atoms with van der Waals surface area (Å²) in [5.41, 5.74) is 3.83. The second kappa shape index (κ2) is 15.7. The zero-order valence-corrected chi connectivity index (χ0v) is 23.7. The van der Waals surface area contributed by atoms with Crippen molar-refractivity contribution in [3.05, 3.63) is 52.9 Å². The second-order valence-corrected chi connectivity index (χ2v) is 10.6. The van der Waals surface area contributed by atoms with Crippen molar-refractivity contribution in [2.45, 2.75) is 37.4 Å². The van der Waals surface area contributed by atoms with E-state index in [0.717, 1.165) is 16.2 Å². The third kappa shape index (κ3) is 7.97. The number of anilines is 1. The zero-order chi connectivity index (χ0) is 26.9. The van der Waals surface area contributed by atoms with E-state index in [4.69, 9.17) is 10.6 Å². The fourth-order valence-electron chi connectivity index (χ4n) is 3.56. The van der Waals surface area contributed by atoms with E-state index < -0.39 is 40.8 Å². The molecule has 2 atom stereocenters. The number of carboxylic acid groups (broad SMARTS) is 2. The van der Waals surface area contributed by atoms with Crippen LogP contribution < -0.4 is 20.7 Å². The van der Waals surface area contributed by atoms with Gasteiger partial charge in [-0.15, -0.1) is 23.1 Å². The summed E-state index contributed by atoms with van der Waals surface area (Å²) < 4.78 is 1.78. The molecule has 1 saturated heterocycles. The first kappa shape index (κ1) is 40.0. The molecule has 4 rings (SSSR count). The highest BCUT2D eigenvalue weighted by Gasteiger charge is 2.53. The molecule has 20 heteroatoms. The van der Waals surface area contributed by atoms with Crippen molar-refractivity contribution in [3.63, 3.8) is 0 Å². The number of carbonyl (C=O) groups is 4. The minimum Gasteiger partial charge on any atom is -0.543 e. The van der Waals surface area contributed by atoms with Crippen LogP contribution in [0.15, 0.2) is 52.4 Å². The smallest absolute Gasteiger partial charge is 0.350 e. The van der Waals surface area contributed by atoms with E-state index in [1.165, 1.54) is 31.0 Å². The van der Waals surface area contributed by atoms with Crippen molar-refractivity contribution in [2.24, 2.45) is 5.16 Å². The minimum absolute atomic E-state index is 0. The number of rotatable bonds is 9. The first-order chi connectivity index (χ1) is 17.5. The van der Waals surface area contributed by atoms with Crippen LogP contribution in [0.3, 0.4) is 0 Å². The summed E-state index contributed by atoms with van der Waals surface area (Å²) in [5.74, 6) is -4.01. The van der Waals surface area contributed by atoms with Crippen molar-refractivity contribution in [3.8, 4) is 0 Å². The molecule has 2 aliphatic rings. The number of amides is 2. The van der Waals surface area contributed by atoms with Gasteiger partial charge in [-0.3, -0.25) is 14.5 Å². The standard InChI is InChI=1S/C22H22N6O7S2.5H2O/c1-22(2,20(33)34)35-26-13(12-10-37-21(23)24-12)16(29)25-14-17(30)28-15(19(31)32)11(9-36-18(14)28)8-27-6-4-3-5-7-27;;;;;/h3-7,10,14,18H,8-9H2,1-2H3,(H4-,23,24,25,29,31,32,33,34);5*1H2. The molecule has 0 saturated carbocycles. The topological polar surface area (TPSA) is 349 Å². The molecular formula is C22H32N6O12S2. The van der Waals surface area contributed by atoms with E-state index in [-0.39, 0.29) is 56.2 Å². The number of hydrogen-bond acceptors (Lipinski definition) is 11. The van der Waals surface area contributed by atoms with Crippen molar-refractivity contribution < 1.29 is 66.2 Å². The quantitative estimate of drug-likeness (QED) is 0.101. The molecule has 42 heavy (non-hydrogen) atoms. The molecule has 0 bridgehead atoms. The number of carbonyl (C=O) groups excluding carboxylic acids is 3. The molecule has 2 amide bonds. The number of hydrogen-bond donors (Lipinski definition) is 3. The van der Waals surface area contributed by atoms with Crippen LogP contribution in [0.2, 0.25) is 0 Å². The van der Waals surface area contributed by atoms with Crippen LogP contribution in [0.4, 0.5) is 5.13 Å². The maximum Gasteiger partial charge on any atom is 0.350 e. The van der Waals surface area contributed by atoms with Gasteiger partial charge in [0.2, 0.25) is 5.60 Å². The van der Waals surface area contributed by atoms with Gasteiger partial charge >= 0.3 is 5.97 Å². The molecule has 1 fully saturated rings. The SMILES string of the molecule is CC(C)(ON=C(C(=O)NC1C(=O)N2C(C(=O)[O-])=C(C[n+]3ccccc3)CSC12)c1csc(N)n1)C(=O)O.O.O.O.O.O. The van der Waals surface area contributed by atoms with Crippen LogP contribution in [0, 0.1) is 0 Å². The van der Waals surface area contributed by atoms with Gasteiger partial charge in [-0.1, -0.05) is 11.2 Å². The van der Waals surface area contributed by atoms with Crippen LogP contribution in [-0.4, -0.2) is 94.6 Å². The lowest BCUT2D eigenvalue weighted by molar-refractivity contribution is -0.689. The van der Waals surface area contributed by atoms with Crippen molar-refractivity contribution in [1.82, 2.24) is 15.2 Å². The number of nitrogens with two attached hydrogens (primary N) is 1. The zero-order valence-electron chi connectivity index (χ0n) is 22.1. The summed E-state index contributed by atoms with van der Waals surface area (Å²) in [6, 6.07) is 4.36. The van der Waals surface area contributed by atoms with Gasteiger partial charge in [0.05, 0.1) is 11.7 Å². The Morgan fingerprint density at radius 2 is 1.83 bits per heavy atom. The molecular weight excluding hydrogens is 604 g/mol. The Morgan fingerprint density at radius 3 is 2.36 bits per heavy atom. The van der Waals surface area contributed by atoms with Crippen molar-refractivity contribution in [2.75, 3.05) is 11.5 Å². The molecule has 0 spiro atoms. The number of carboxylic acids is 2. The molecule has 0 aromatic carbocycles. The lowest BCUT2D eigenvalue weighted by Crippen LogP contribution is -2.71. The Balaban J connectivity index is 0. The number of pyridine rings is 1. The maximum absolute atomic E-state index is 13.1. The molecule has 18 nitrogen and oxygen atoms in total. The van der Waals surface area contributed by atoms with E-state index in [9.17, 15) is 29.4 Å². The van der Waals surface area contributed by atoms with Gasteiger partial charge in [0.15, 0.2) is 29.8 Å². The highest BCUT2D eigenvalue weighted by Crippen LogP contribution is 2.40. The number of fused-ring (bicyclic) bond motifs is 1. The van der Waals surface area contributed by atoms with Gasteiger partial charge in [0, 0.05) is 28.8 Å². The van der Waals surface area contributed by atoms with Crippen molar-refractivity contribution >= 4 is 57.7 Å². The Kier molecular flexibility index (Phi) is 15.0. The number of thioether (sulfide) groups is 1. The number of aliphatic carboxylic acids is 2. The van der Waals surface area contributed by atoms with Crippen LogP contribution >= 0.6 is 23.1 Å². The van der Waals surface area contributed by atoms with Gasteiger partial charge in [-0.05, 0) is 13.8 Å². The summed E-state index contributed by atoms with van der Waals surface area (Å²) in [7, 11) is 0. The number of thiazole rings is 1. The predicted octanol–water partition coefficient (Wildman–Crippen LogP) is -5.42. The molecule has 0 aliphatic carbocycles. The lowest BCUT2D eigenvalue weighted by Gasteiger charge is -2.50. The van der Waals surface area contributed by atoms with Gasteiger partial charge < -0.3 is 58.3 Å². The molecule has 2 aromatic heterocycles. The lowest BCUT2D eigenvalue weighted by atomic mass is 10.0. The van der Waals surface area contributed by atoms with Crippen LogP contribution in [0.5, 0.6) is 0 Å². The first-order valence-corrected chi connectivity index (χ1v) is 12.8. The van der Waals surface area contributed by atoms with Gasteiger partial charge in [0.25, 0.3) is 11.8 Å². The summed E-state index contributed by atoms with van der Waals surface area (Å²) in [4.78, 5) is 59.6. The number of nitrogens with one attached hydrogen (secondary N) is 1. The van der Waals surface area contributed by atoms with E-state index in [0.29, 0.717) is 11.3 Å². The average Bonchev–Trinajstić information content (AvgIpc) is 3.28. The first-order valence-electron chi connectivity index (χ1n) is 10.8. The predicted molar refractivity (Wildman–Crippen MR) is 148 cm³/mol. The number of oxime groups is 1. The van der Waals surface area contributed by atoms with Gasteiger partial charge in [0.1, 0.15) is 17.1 Å². The summed E-state index contributed by atoms with van der Waals surface area (Å²) >= 11 is 2.32. The Bertz CT molecular complexity index is 1330. The van der Waals surface area contributed by atoms with Crippen molar-refractivity contribution in [1.29, 1.82) is 0 Å². The minimum atomic E-state index is -1.75. The normalized spacial score (nSPS) is 17.3. The van der Waals surface area contributed by atoms with Crippen LogP contribution in [-0.2, 0) is 30.6 Å². The fraction of sp³-hybridized carbons (Fsp3) is 0.318.